The summed E-state index contributed by atoms with van der Waals surface area (Å²) in [4.78, 5) is 95.9. The van der Waals surface area contributed by atoms with E-state index in [0.29, 0.717) is 146 Å². The van der Waals surface area contributed by atoms with E-state index < -0.39 is 98.7 Å². The minimum Gasteiger partial charge on any atom is -0.481 e. The summed E-state index contributed by atoms with van der Waals surface area (Å²) in [7, 11) is 0. The van der Waals surface area contributed by atoms with Crippen molar-refractivity contribution in [1.82, 2.24) is 35.9 Å². The molecule has 4 saturated heterocycles. The third kappa shape index (κ3) is 27.3. The first-order chi connectivity index (χ1) is 50.1. The highest BCUT2D eigenvalue weighted by Gasteiger charge is 2.41. The molecule has 27 nitrogen and oxygen atoms in total. The van der Waals surface area contributed by atoms with Crippen molar-refractivity contribution in [3.05, 3.63) is 94.6 Å². The monoisotopic (exact) mass is 1480 g/mol. The quantitative estimate of drug-likeness (QED) is 0.0263. The third-order valence-corrected chi connectivity index (χ3v) is 19.2. The minimum atomic E-state index is -4.77. The number of nitrogens with zero attached hydrogens (tertiary/aromatic N) is 10. The maximum absolute atomic E-state index is 14.0. The van der Waals surface area contributed by atoms with E-state index in [9.17, 15) is 70.4 Å². The molecule has 4 aliphatic heterocycles. The number of nitrogens with one attached hydrogen (secondary N) is 3. The number of anilines is 4. The number of carbonyl (C=O) groups excluding carboxylic acids is 5. The standard InChI is InChI=1S/C36H48F3N7O6.C32H39F3N6O4.C4H11NO3/c37-36(38,39)34-42-30(20-31(43-34)46-17-3-6-28(46)29(50)7-1-4-25-9-11-27(21-40)12-10-25)45-18-14-26(15-19-45)5-2-8-32(51)41-16-13-33(52)44-35(22-47,23-48)24-49;33-32(34,35)31-38-27(40-18-14-23(15-19-40)5-2-8-29(43)37-16-13-30(44)45)20-28(39-31)41-17-3-6-25(41)26(42)7-1-4-22-9-11-24(21-36)12-10-22;5-4(1-6,2-7)3-8/h9-12,20,26,28,47-49H,1-8,13-19,22-24H2,(H,41,51)(H,44,52);9-12,20,23,25H,1-8,13-19H2,(H,37,43)(H,44,45);6-8H,1-3,5H2/t28-;25-;/m00./s1. The molecule has 0 unspecified atom stereocenters. The normalized spacial score (nSPS) is 16.6. The van der Waals surface area contributed by atoms with Crippen LogP contribution in [0.4, 0.5) is 49.6 Å². The summed E-state index contributed by atoms with van der Waals surface area (Å²) < 4.78 is 83.7. The smallest absolute Gasteiger partial charge is 0.451 e. The summed E-state index contributed by atoms with van der Waals surface area (Å²) in [6.07, 6.45) is 1.99. The number of nitrogens with two attached hydrogens (primary N) is 1. The minimum absolute atomic E-state index is 0.0220. The van der Waals surface area contributed by atoms with Gasteiger partial charge in [-0.15, -0.1) is 0 Å². The number of carboxylic acid groups (broad SMARTS) is 1. The molecule has 8 rings (SSSR count). The van der Waals surface area contributed by atoms with Crippen LogP contribution in [-0.2, 0) is 54.0 Å². The van der Waals surface area contributed by atoms with Gasteiger partial charge in [-0.2, -0.15) is 36.9 Å². The number of benzene rings is 2. The predicted molar refractivity (Wildman–Crippen MR) is 374 cm³/mol. The zero-order valence-corrected chi connectivity index (χ0v) is 58.9. The van der Waals surface area contributed by atoms with Gasteiger partial charge in [0, 0.05) is 96.6 Å². The number of piperidine rings is 2. The van der Waals surface area contributed by atoms with Crippen molar-refractivity contribution >= 4 is 58.5 Å². The predicted octanol–water partition coefficient (Wildman–Crippen LogP) is 5.22. The van der Waals surface area contributed by atoms with Crippen LogP contribution >= 0.6 is 0 Å². The lowest BCUT2D eigenvalue weighted by Gasteiger charge is -2.34. The first-order valence-electron chi connectivity index (χ1n) is 35.6. The second-order valence-electron chi connectivity index (χ2n) is 27.1. The molecule has 2 aromatic carbocycles. The highest BCUT2D eigenvalue weighted by atomic mass is 19.4. The molecule has 2 aromatic heterocycles. The maximum Gasteiger partial charge on any atom is 0.451 e. The van der Waals surface area contributed by atoms with E-state index in [1.165, 1.54) is 0 Å². The number of carbonyl (C=O) groups is 6. The number of aliphatic carboxylic acids is 1. The van der Waals surface area contributed by atoms with Crippen molar-refractivity contribution in [2.24, 2.45) is 17.6 Å². The molecule has 2 atom stereocenters. The molecule has 33 heteroatoms. The van der Waals surface area contributed by atoms with Crippen molar-refractivity contribution in [3.8, 4) is 12.1 Å². The number of rotatable bonds is 35. The Kier molecular flexibility index (Phi) is 34.0. The topological polar surface area (TPSA) is 418 Å². The fraction of sp³-hybridized carbons (Fsp3) is 0.611. The molecule has 0 aliphatic carbocycles. The Morgan fingerprint density at radius 1 is 0.486 bits per heavy atom. The van der Waals surface area contributed by atoms with Crippen LogP contribution in [0.2, 0.25) is 0 Å². The molecule has 0 saturated carbocycles. The molecule has 12 N–H and O–H groups in total. The van der Waals surface area contributed by atoms with Gasteiger partial charge >= 0.3 is 18.3 Å². The van der Waals surface area contributed by atoms with E-state index >= 15 is 0 Å². The van der Waals surface area contributed by atoms with Crippen molar-refractivity contribution in [1.29, 1.82) is 10.5 Å². The molecular formula is C72H98F6N14O13. The number of amides is 3. The Balaban J connectivity index is 0.000000300. The van der Waals surface area contributed by atoms with Crippen LogP contribution in [0.3, 0.4) is 0 Å². The van der Waals surface area contributed by atoms with Crippen LogP contribution in [0.5, 0.6) is 0 Å². The molecule has 4 aliphatic rings. The number of aliphatic hydroxyl groups excluding tert-OH is 6. The van der Waals surface area contributed by atoms with Crippen molar-refractivity contribution in [2.75, 3.05) is 112 Å². The number of hydrogen-bond donors (Lipinski definition) is 11. The van der Waals surface area contributed by atoms with Gasteiger partial charge < -0.3 is 77.0 Å². The Morgan fingerprint density at radius 2 is 0.857 bits per heavy atom. The van der Waals surface area contributed by atoms with E-state index in [4.69, 9.17) is 36.7 Å². The number of Topliss-reactive ketones (excluding diaryl/α,β-unsaturated/α-hetero) is 2. The number of aliphatic hydroxyl groups is 6. The zero-order chi connectivity index (χ0) is 76.7. The number of aromatic nitrogens is 4. The van der Waals surface area contributed by atoms with E-state index in [0.717, 1.165) is 36.8 Å². The Morgan fingerprint density at radius 3 is 1.19 bits per heavy atom. The van der Waals surface area contributed by atoms with Crippen molar-refractivity contribution in [2.45, 2.75) is 177 Å². The van der Waals surface area contributed by atoms with E-state index in [1.54, 1.807) is 46.2 Å². The lowest BCUT2D eigenvalue weighted by atomic mass is 9.91. The number of aryl methyl sites for hydroxylation is 2. The van der Waals surface area contributed by atoms with Gasteiger partial charge in [-0.1, -0.05) is 24.3 Å². The van der Waals surface area contributed by atoms with Crippen LogP contribution < -0.4 is 41.3 Å². The molecule has 4 fully saturated rings. The first-order valence-corrected chi connectivity index (χ1v) is 35.6. The second kappa shape index (κ2) is 41.9. The van der Waals surface area contributed by atoms with Crippen LogP contribution in [0.25, 0.3) is 0 Å². The Labute approximate surface area is 606 Å². The van der Waals surface area contributed by atoms with E-state index in [2.05, 4.69) is 48.0 Å². The fourth-order valence-electron chi connectivity index (χ4n) is 12.8. The SMILES string of the molecule is N#Cc1ccc(CCCC(=O)[C@@H]2CCCN2c2cc(N3CCC(CCCC(=O)NCCC(=O)NC(CO)(CO)CO)CC3)nc(C(F)(F)F)n2)cc1.N#Cc1ccc(CCCC(=O)[C@@H]2CCCN2c2cc(N3CCC(CCCC(=O)NCCC(=O)O)CC3)nc(C(F)(F)F)n2)cc1.NC(CO)(CO)CO. The highest BCUT2D eigenvalue weighted by Crippen LogP contribution is 2.37. The lowest BCUT2D eigenvalue weighted by molar-refractivity contribution is -0.145. The van der Waals surface area contributed by atoms with Gasteiger partial charge in [-0.3, -0.25) is 28.8 Å². The fourth-order valence-corrected chi connectivity index (χ4v) is 12.8. The number of hydrogen-bond acceptors (Lipinski definition) is 23. The Bertz CT molecular complexity index is 3510. The first kappa shape index (κ1) is 85.2. The van der Waals surface area contributed by atoms with Gasteiger partial charge in [0.15, 0.2) is 11.6 Å². The van der Waals surface area contributed by atoms with Gasteiger partial charge in [0.05, 0.1) is 87.0 Å². The summed E-state index contributed by atoms with van der Waals surface area (Å²) in [6.45, 7) is -0.142. The molecule has 0 spiro atoms. The number of halogens is 6. The van der Waals surface area contributed by atoms with Crippen LogP contribution in [0.1, 0.15) is 162 Å². The number of carboxylic acids is 1. The second-order valence-corrected chi connectivity index (χ2v) is 27.1. The lowest BCUT2D eigenvalue weighted by Crippen LogP contribution is -2.57. The van der Waals surface area contributed by atoms with Crippen molar-refractivity contribution in [3.63, 3.8) is 0 Å². The van der Waals surface area contributed by atoms with Crippen LogP contribution in [-0.4, -0.2) is 206 Å². The number of ketones is 2. The molecule has 0 radical (unpaired) electrons. The number of alkyl halides is 6. The number of nitriles is 2. The average molecular weight is 1480 g/mol. The molecule has 105 heavy (non-hydrogen) atoms. The maximum atomic E-state index is 14.0. The molecular weight excluding hydrogens is 1380 g/mol. The van der Waals surface area contributed by atoms with Gasteiger partial charge in [0.25, 0.3) is 0 Å². The van der Waals surface area contributed by atoms with Gasteiger partial charge in [0.2, 0.25) is 29.4 Å². The summed E-state index contributed by atoms with van der Waals surface area (Å²) >= 11 is 0. The largest absolute Gasteiger partial charge is 0.481 e. The molecule has 6 heterocycles. The summed E-state index contributed by atoms with van der Waals surface area (Å²) in [5.41, 5.74) is 5.56. The molecule has 576 valence electrons. The van der Waals surface area contributed by atoms with E-state index in [-0.39, 0.29) is 91.3 Å². The molecule has 4 aromatic rings. The Hall–Kier alpha value is -8.70. The zero-order valence-electron chi connectivity index (χ0n) is 58.9. The highest BCUT2D eigenvalue weighted by molar-refractivity contribution is 5.88. The van der Waals surface area contributed by atoms with Gasteiger partial charge in [-0.25, -0.2) is 19.9 Å². The van der Waals surface area contributed by atoms with Gasteiger partial charge in [-0.05, 0) is 150 Å². The average Bonchev–Trinajstić information content (AvgIpc) is 1.74. The third-order valence-electron chi connectivity index (χ3n) is 19.2. The van der Waals surface area contributed by atoms with Crippen molar-refractivity contribution < 1.29 is 90.9 Å². The van der Waals surface area contributed by atoms with E-state index in [1.807, 2.05) is 34.1 Å². The summed E-state index contributed by atoms with van der Waals surface area (Å²) in [5.74, 6) is -3.27. The van der Waals surface area contributed by atoms with Crippen LogP contribution in [0, 0.1) is 34.5 Å². The van der Waals surface area contributed by atoms with Gasteiger partial charge in [0.1, 0.15) is 28.8 Å². The van der Waals surface area contributed by atoms with Crippen LogP contribution in [0.15, 0.2) is 60.7 Å². The summed E-state index contributed by atoms with van der Waals surface area (Å²) in [5, 5.41) is 87.2. The molecule has 3 amide bonds. The summed E-state index contributed by atoms with van der Waals surface area (Å²) in [6, 6.07) is 20.5. The molecule has 0 bridgehead atoms.